The molecule has 3 heterocycles. The number of anilines is 1. The van der Waals surface area contributed by atoms with Crippen molar-refractivity contribution in [1.82, 2.24) is 9.88 Å². The van der Waals surface area contributed by atoms with E-state index in [2.05, 4.69) is 75.8 Å². The number of halogens is 1. The number of nitrogens with one attached hydrogen (secondary N) is 1. The molecule has 6 nitrogen and oxygen atoms in total. The van der Waals surface area contributed by atoms with Crippen molar-refractivity contribution in [2.45, 2.75) is 51.1 Å². The fraction of sp³-hybridized carbons (Fsp3) is 0.483. The van der Waals surface area contributed by atoms with Crippen molar-refractivity contribution in [2.75, 3.05) is 44.3 Å². The number of benzene rings is 2. The third-order valence-electron chi connectivity index (χ3n) is 8.57. The molecule has 0 amide bonds. The number of ketones is 1. The summed E-state index contributed by atoms with van der Waals surface area (Å²) in [6.07, 6.45) is 1.71. The average molecular weight is 552 g/mol. The van der Waals surface area contributed by atoms with Crippen molar-refractivity contribution >= 4 is 38.3 Å². The van der Waals surface area contributed by atoms with E-state index in [-0.39, 0.29) is 16.7 Å². The minimum absolute atomic E-state index is 0.105. The Morgan fingerprint density at radius 3 is 2.47 bits per heavy atom. The zero-order valence-corrected chi connectivity index (χ0v) is 23.0. The van der Waals surface area contributed by atoms with Crippen LogP contribution in [0.2, 0.25) is 0 Å². The Kier molecular flexibility index (Phi) is 5.83. The molecule has 0 unspecified atom stereocenters. The van der Waals surface area contributed by atoms with Crippen molar-refractivity contribution in [3.8, 4) is 0 Å². The van der Waals surface area contributed by atoms with Crippen LogP contribution in [-0.2, 0) is 16.7 Å². The van der Waals surface area contributed by atoms with E-state index in [4.69, 9.17) is 10.5 Å². The molecule has 3 N–H and O–H groups in total. The molecule has 1 aliphatic carbocycles. The van der Waals surface area contributed by atoms with Gasteiger partial charge in [0, 0.05) is 83.5 Å². The lowest BCUT2D eigenvalue weighted by Gasteiger charge is -2.44. The molecule has 3 aliphatic rings. The van der Waals surface area contributed by atoms with E-state index in [1.165, 1.54) is 5.69 Å². The highest BCUT2D eigenvalue weighted by Gasteiger charge is 2.47. The smallest absolute Gasteiger partial charge is 0.195 e. The fourth-order valence-electron chi connectivity index (χ4n) is 6.48. The Bertz CT molecular complexity index is 1340. The highest BCUT2D eigenvalue weighted by Crippen LogP contribution is 2.51. The third-order valence-corrected chi connectivity index (χ3v) is 9.20. The number of carbonyl (C=O) groups excluding carboxylic acids is 1. The molecule has 7 heteroatoms. The van der Waals surface area contributed by atoms with Gasteiger partial charge < -0.3 is 20.4 Å². The maximum absolute atomic E-state index is 14.0. The Morgan fingerprint density at radius 2 is 1.81 bits per heavy atom. The van der Waals surface area contributed by atoms with Gasteiger partial charge in [0.1, 0.15) is 0 Å². The summed E-state index contributed by atoms with van der Waals surface area (Å²) in [4.78, 5) is 22.8. The van der Waals surface area contributed by atoms with Gasteiger partial charge in [-0.05, 0) is 78.9 Å². The largest absolute Gasteiger partial charge is 0.381 e. The summed E-state index contributed by atoms with van der Waals surface area (Å²) >= 11 is 3.85. The number of ether oxygens (including phenoxy) is 1. The summed E-state index contributed by atoms with van der Waals surface area (Å²) in [7, 11) is 0. The van der Waals surface area contributed by atoms with Gasteiger partial charge >= 0.3 is 0 Å². The first-order chi connectivity index (χ1) is 17.2. The normalized spacial score (nSPS) is 20.1. The molecular weight excluding hydrogens is 516 g/mol. The first-order valence-electron chi connectivity index (χ1n) is 13.0. The molecule has 0 saturated carbocycles. The number of aromatic nitrogens is 1. The Balaban J connectivity index is 1.48. The van der Waals surface area contributed by atoms with Gasteiger partial charge in [-0.15, -0.1) is 0 Å². The zero-order valence-electron chi connectivity index (χ0n) is 21.4. The van der Waals surface area contributed by atoms with Gasteiger partial charge in [0.25, 0.3) is 0 Å². The van der Waals surface area contributed by atoms with Gasteiger partial charge in [-0.2, -0.15) is 0 Å². The van der Waals surface area contributed by atoms with Crippen LogP contribution in [0.3, 0.4) is 0 Å². The van der Waals surface area contributed by atoms with E-state index in [9.17, 15) is 4.79 Å². The van der Waals surface area contributed by atoms with E-state index in [1.54, 1.807) is 0 Å². The summed E-state index contributed by atoms with van der Waals surface area (Å²) in [6.45, 7) is 12.7. The first-order valence-corrected chi connectivity index (χ1v) is 13.8. The van der Waals surface area contributed by atoms with Crippen LogP contribution >= 0.6 is 15.9 Å². The number of nitrogens with two attached hydrogens (primary N) is 1. The summed E-state index contributed by atoms with van der Waals surface area (Å²) in [6, 6.07) is 10.6. The topological polar surface area (TPSA) is 74.6 Å². The molecule has 2 aliphatic heterocycles. The second-order valence-corrected chi connectivity index (χ2v) is 12.3. The maximum atomic E-state index is 14.0. The molecule has 2 saturated heterocycles. The Morgan fingerprint density at radius 1 is 1.08 bits per heavy atom. The second-order valence-electron chi connectivity index (χ2n) is 11.5. The predicted molar refractivity (Wildman–Crippen MR) is 148 cm³/mol. The van der Waals surface area contributed by atoms with E-state index in [0.717, 1.165) is 82.3 Å². The van der Waals surface area contributed by atoms with Gasteiger partial charge in [-0.3, -0.25) is 9.69 Å². The van der Waals surface area contributed by atoms with Crippen molar-refractivity contribution < 1.29 is 9.53 Å². The van der Waals surface area contributed by atoms with Crippen LogP contribution < -0.4 is 10.6 Å². The highest BCUT2D eigenvalue weighted by molar-refractivity contribution is 9.10. The minimum atomic E-state index is -0.262. The maximum Gasteiger partial charge on any atom is 0.195 e. The molecule has 6 rings (SSSR count). The standard InChI is InChI=1S/C29H35BrN4O2/c1-28(2,3)34-10-8-33(9-11-34)24-16-21-20(15-22(24)30)26(35)25-19-5-4-18(17-31)14-23(19)32-27(25)29(21)6-12-36-13-7-29/h4-5,14-16,32H,6-13,17,31H2,1-3H3. The van der Waals surface area contributed by atoms with Gasteiger partial charge in [0.15, 0.2) is 5.78 Å². The molecule has 0 radical (unpaired) electrons. The number of H-pyrrole nitrogens is 1. The molecule has 1 spiro atoms. The third kappa shape index (κ3) is 3.66. The number of nitrogens with zero attached hydrogens (tertiary/aromatic N) is 2. The minimum Gasteiger partial charge on any atom is -0.381 e. The van der Waals surface area contributed by atoms with Crippen LogP contribution in [0.1, 0.15) is 66.4 Å². The van der Waals surface area contributed by atoms with Crippen LogP contribution in [0, 0.1) is 0 Å². The van der Waals surface area contributed by atoms with E-state index in [1.807, 2.05) is 6.07 Å². The number of hydrogen-bond donors (Lipinski definition) is 2. The van der Waals surface area contributed by atoms with Crippen LogP contribution in [0.15, 0.2) is 34.8 Å². The van der Waals surface area contributed by atoms with E-state index >= 15 is 0 Å². The molecule has 3 aromatic rings. The molecule has 2 fully saturated rings. The van der Waals surface area contributed by atoms with Gasteiger partial charge in [-0.25, -0.2) is 0 Å². The lowest BCUT2D eigenvalue weighted by molar-refractivity contribution is 0.0602. The molecule has 190 valence electrons. The van der Waals surface area contributed by atoms with Gasteiger partial charge in [-0.1, -0.05) is 12.1 Å². The summed E-state index contributed by atoms with van der Waals surface area (Å²) in [5, 5.41) is 0.988. The van der Waals surface area contributed by atoms with Crippen LogP contribution in [-0.4, -0.2) is 60.6 Å². The number of fused-ring (bicyclic) bond motifs is 6. The number of rotatable bonds is 2. The van der Waals surface area contributed by atoms with Crippen molar-refractivity contribution in [3.05, 3.63) is 62.8 Å². The van der Waals surface area contributed by atoms with Crippen molar-refractivity contribution in [2.24, 2.45) is 5.73 Å². The molecular formula is C29H35BrN4O2. The first kappa shape index (κ1) is 24.2. The second kappa shape index (κ2) is 8.69. The van der Waals surface area contributed by atoms with E-state index in [0.29, 0.717) is 19.8 Å². The monoisotopic (exact) mass is 550 g/mol. The van der Waals surface area contributed by atoms with Gasteiger partial charge in [0.2, 0.25) is 0 Å². The number of carbonyl (C=O) groups is 1. The van der Waals surface area contributed by atoms with E-state index < -0.39 is 0 Å². The van der Waals surface area contributed by atoms with Crippen LogP contribution in [0.5, 0.6) is 0 Å². The number of aromatic amines is 1. The zero-order chi connectivity index (χ0) is 25.2. The lowest BCUT2D eigenvalue weighted by Crippen LogP contribution is -2.53. The highest BCUT2D eigenvalue weighted by atomic mass is 79.9. The Labute approximate surface area is 221 Å². The van der Waals surface area contributed by atoms with Crippen LogP contribution in [0.25, 0.3) is 10.9 Å². The summed E-state index contributed by atoms with van der Waals surface area (Å²) in [5.74, 6) is 0.105. The molecule has 36 heavy (non-hydrogen) atoms. The number of piperazine rings is 1. The summed E-state index contributed by atoms with van der Waals surface area (Å²) in [5.41, 5.74) is 12.9. The molecule has 1 aromatic heterocycles. The molecule has 2 aromatic carbocycles. The number of hydrogen-bond acceptors (Lipinski definition) is 5. The summed E-state index contributed by atoms with van der Waals surface area (Å²) < 4.78 is 6.83. The molecule has 0 bridgehead atoms. The quantitative estimate of drug-likeness (QED) is 0.472. The van der Waals surface area contributed by atoms with Gasteiger partial charge in [0.05, 0.1) is 11.3 Å². The Hall–Kier alpha value is -2.19. The lowest BCUT2D eigenvalue weighted by atomic mass is 9.64. The van der Waals surface area contributed by atoms with Crippen LogP contribution in [0.4, 0.5) is 5.69 Å². The molecule has 0 atom stereocenters. The van der Waals surface area contributed by atoms with Crippen molar-refractivity contribution in [1.29, 1.82) is 0 Å². The SMILES string of the molecule is CC(C)(C)N1CCN(c2cc3c(cc2Br)C(=O)c2c([nH]c4cc(CN)ccc24)C32CCOCC2)CC1. The van der Waals surface area contributed by atoms with Crippen molar-refractivity contribution in [3.63, 3.8) is 0 Å². The fourth-order valence-corrected chi connectivity index (χ4v) is 7.08. The average Bonchev–Trinajstić information content (AvgIpc) is 3.27. The predicted octanol–water partition coefficient (Wildman–Crippen LogP) is 4.95.